The first-order chi connectivity index (χ1) is 13.4. The molecule has 1 aromatic carbocycles. The Morgan fingerprint density at radius 2 is 1.89 bits per heavy atom. The Balaban J connectivity index is 1.53. The van der Waals surface area contributed by atoms with E-state index in [0.717, 1.165) is 24.6 Å². The van der Waals surface area contributed by atoms with Crippen LogP contribution in [0.2, 0.25) is 0 Å². The summed E-state index contributed by atoms with van der Waals surface area (Å²) in [4.78, 5) is 28.1. The molecule has 0 radical (unpaired) electrons. The molecule has 0 aliphatic carbocycles. The summed E-state index contributed by atoms with van der Waals surface area (Å²) < 4.78 is 0. The molecule has 6 heteroatoms. The van der Waals surface area contributed by atoms with Crippen LogP contribution in [0.15, 0.2) is 24.3 Å². The number of amides is 2. The molecule has 1 aromatic rings. The third-order valence-electron chi connectivity index (χ3n) is 6.07. The summed E-state index contributed by atoms with van der Waals surface area (Å²) in [6.45, 7) is 8.60. The van der Waals surface area contributed by atoms with E-state index in [1.165, 1.54) is 31.5 Å². The summed E-state index contributed by atoms with van der Waals surface area (Å²) >= 11 is 0. The Kier molecular flexibility index (Phi) is 6.94. The van der Waals surface area contributed by atoms with Gasteiger partial charge in [0.15, 0.2) is 0 Å². The van der Waals surface area contributed by atoms with Gasteiger partial charge in [-0.2, -0.15) is 0 Å². The van der Waals surface area contributed by atoms with Crippen LogP contribution in [0.5, 0.6) is 0 Å². The van der Waals surface area contributed by atoms with E-state index in [9.17, 15) is 14.7 Å². The molecule has 2 saturated heterocycles. The van der Waals surface area contributed by atoms with E-state index in [1.54, 1.807) is 4.90 Å². The topological polar surface area (TPSA) is 72.9 Å². The molecule has 2 unspecified atom stereocenters. The number of rotatable bonds is 5. The molecule has 0 spiro atoms. The van der Waals surface area contributed by atoms with Crippen LogP contribution in [-0.4, -0.2) is 59.6 Å². The number of aliphatic carboxylic acids is 1. The van der Waals surface area contributed by atoms with Crippen molar-refractivity contribution in [2.24, 2.45) is 17.8 Å². The molecule has 154 valence electrons. The summed E-state index contributed by atoms with van der Waals surface area (Å²) in [5, 5.41) is 12.3. The van der Waals surface area contributed by atoms with E-state index in [2.05, 4.69) is 23.2 Å². The molecule has 6 nitrogen and oxygen atoms in total. The van der Waals surface area contributed by atoms with Crippen molar-refractivity contribution in [3.05, 3.63) is 29.8 Å². The van der Waals surface area contributed by atoms with Crippen molar-refractivity contribution in [3.8, 4) is 0 Å². The molecule has 2 atom stereocenters. The Morgan fingerprint density at radius 1 is 1.14 bits per heavy atom. The highest BCUT2D eigenvalue weighted by Gasteiger charge is 2.31. The van der Waals surface area contributed by atoms with E-state index < -0.39 is 11.9 Å². The van der Waals surface area contributed by atoms with Crippen molar-refractivity contribution in [2.45, 2.75) is 39.5 Å². The first-order valence-electron chi connectivity index (χ1n) is 10.5. The minimum absolute atomic E-state index is 0.194. The minimum Gasteiger partial charge on any atom is -0.481 e. The van der Waals surface area contributed by atoms with E-state index in [0.29, 0.717) is 13.0 Å². The van der Waals surface area contributed by atoms with E-state index >= 15 is 0 Å². The van der Waals surface area contributed by atoms with Gasteiger partial charge in [0.2, 0.25) is 0 Å². The molecule has 2 fully saturated rings. The number of likely N-dealkylation sites (tertiary alicyclic amines) is 2. The van der Waals surface area contributed by atoms with Gasteiger partial charge in [-0.15, -0.1) is 0 Å². The standard InChI is InChI=1S/C22H33N3O3/c1-16-6-9-24(10-7-16)11-8-18-4-3-5-20(13-18)23-22(28)25-14-17(2)12-19(15-25)21(26)27/h3-5,13,16-17,19H,6-12,14-15H2,1-2H3,(H,23,28)(H,26,27). The molecule has 0 aromatic heterocycles. The SMILES string of the molecule is CC1CCN(CCc2cccc(NC(=O)N3CC(C)CC(C(=O)O)C3)c2)CC1. The van der Waals surface area contributed by atoms with Crippen molar-refractivity contribution in [2.75, 3.05) is 38.0 Å². The molecule has 2 aliphatic heterocycles. The Morgan fingerprint density at radius 3 is 2.61 bits per heavy atom. The van der Waals surface area contributed by atoms with Crippen LogP contribution in [0, 0.1) is 17.8 Å². The normalized spacial score (nSPS) is 24.1. The van der Waals surface area contributed by atoms with Gasteiger partial charge in [-0.3, -0.25) is 4.79 Å². The number of nitrogens with one attached hydrogen (secondary N) is 1. The molecule has 3 rings (SSSR count). The van der Waals surface area contributed by atoms with Gasteiger partial charge in [-0.25, -0.2) is 4.79 Å². The summed E-state index contributed by atoms with van der Waals surface area (Å²) in [7, 11) is 0. The fourth-order valence-corrected chi connectivity index (χ4v) is 4.28. The lowest BCUT2D eigenvalue weighted by molar-refractivity contribution is -0.143. The first kappa shape index (κ1) is 20.6. The molecule has 2 heterocycles. The van der Waals surface area contributed by atoms with E-state index in [4.69, 9.17) is 0 Å². The van der Waals surface area contributed by atoms with Gasteiger partial charge in [0.05, 0.1) is 5.92 Å². The fraction of sp³-hybridized carbons (Fsp3) is 0.636. The van der Waals surface area contributed by atoms with Crippen LogP contribution in [0.3, 0.4) is 0 Å². The van der Waals surface area contributed by atoms with E-state index in [-0.39, 0.29) is 18.5 Å². The number of carbonyl (C=O) groups is 2. The van der Waals surface area contributed by atoms with Crippen LogP contribution in [-0.2, 0) is 11.2 Å². The highest BCUT2D eigenvalue weighted by Crippen LogP contribution is 2.23. The molecule has 2 aliphatic rings. The summed E-state index contributed by atoms with van der Waals surface area (Å²) in [6.07, 6.45) is 4.16. The number of hydrogen-bond acceptors (Lipinski definition) is 3. The number of carboxylic acids is 1. The molecule has 0 bridgehead atoms. The Bertz CT molecular complexity index is 685. The summed E-state index contributed by atoms with van der Waals surface area (Å²) in [6, 6.07) is 7.80. The van der Waals surface area contributed by atoms with Gasteiger partial charge in [-0.05, 0) is 68.3 Å². The molecule has 0 saturated carbocycles. The van der Waals surface area contributed by atoms with Crippen LogP contribution < -0.4 is 5.32 Å². The average Bonchev–Trinajstić information content (AvgIpc) is 2.67. The van der Waals surface area contributed by atoms with Gasteiger partial charge in [0.1, 0.15) is 0 Å². The van der Waals surface area contributed by atoms with Crippen molar-refractivity contribution in [1.29, 1.82) is 0 Å². The highest BCUT2D eigenvalue weighted by atomic mass is 16.4. The van der Waals surface area contributed by atoms with Crippen molar-refractivity contribution >= 4 is 17.7 Å². The molecular weight excluding hydrogens is 354 g/mol. The number of benzene rings is 1. The lowest BCUT2D eigenvalue weighted by Gasteiger charge is -2.34. The Labute approximate surface area is 167 Å². The Hall–Kier alpha value is -2.08. The van der Waals surface area contributed by atoms with Gasteiger partial charge >= 0.3 is 12.0 Å². The first-order valence-corrected chi connectivity index (χ1v) is 10.5. The zero-order chi connectivity index (χ0) is 20.1. The number of urea groups is 1. The number of anilines is 1. The maximum absolute atomic E-state index is 12.6. The predicted octanol–water partition coefficient (Wildman–Crippen LogP) is 3.54. The number of hydrogen-bond donors (Lipinski definition) is 2. The number of carboxylic acid groups (broad SMARTS) is 1. The van der Waals surface area contributed by atoms with Crippen molar-refractivity contribution in [3.63, 3.8) is 0 Å². The maximum Gasteiger partial charge on any atom is 0.321 e. The van der Waals surface area contributed by atoms with Crippen LogP contribution in [0.4, 0.5) is 10.5 Å². The summed E-state index contributed by atoms with van der Waals surface area (Å²) in [5.74, 6) is -0.265. The predicted molar refractivity (Wildman–Crippen MR) is 110 cm³/mol. The quantitative estimate of drug-likeness (QED) is 0.811. The van der Waals surface area contributed by atoms with Crippen molar-refractivity contribution in [1.82, 2.24) is 9.80 Å². The third-order valence-corrected chi connectivity index (χ3v) is 6.07. The highest BCUT2D eigenvalue weighted by molar-refractivity contribution is 5.89. The second-order valence-electron chi connectivity index (χ2n) is 8.69. The van der Waals surface area contributed by atoms with Crippen molar-refractivity contribution < 1.29 is 14.7 Å². The third kappa shape index (κ3) is 5.71. The maximum atomic E-state index is 12.6. The molecule has 2 amide bonds. The van der Waals surface area contributed by atoms with Gasteiger partial charge < -0.3 is 20.2 Å². The molecule has 2 N–H and O–H groups in total. The monoisotopic (exact) mass is 387 g/mol. The number of piperidine rings is 2. The molecular formula is C22H33N3O3. The van der Waals surface area contributed by atoms with Gasteiger partial charge in [0, 0.05) is 25.3 Å². The van der Waals surface area contributed by atoms with E-state index in [1.807, 2.05) is 25.1 Å². The second-order valence-corrected chi connectivity index (χ2v) is 8.69. The fourth-order valence-electron chi connectivity index (χ4n) is 4.28. The van der Waals surface area contributed by atoms with Crippen LogP contribution >= 0.6 is 0 Å². The smallest absolute Gasteiger partial charge is 0.321 e. The largest absolute Gasteiger partial charge is 0.481 e. The second kappa shape index (κ2) is 9.41. The summed E-state index contributed by atoms with van der Waals surface area (Å²) in [5.41, 5.74) is 1.99. The van der Waals surface area contributed by atoms with Crippen LogP contribution in [0.1, 0.15) is 38.7 Å². The number of carbonyl (C=O) groups excluding carboxylic acids is 1. The zero-order valence-corrected chi connectivity index (χ0v) is 17.1. The van der Waals surface area contributed by atoms with Crippen LogP contribution in [0.25, 0.3) is 0 Å². The van der Waals surface area contributed by atoms with Gasteiger partial charge in [0.25, 0.3) is 0 Å². The van der Waals surface area contributed by atoms with Gasteiger partial charge in [-0.1, -0.05) is 26.0 Å². The minimum atomic E-state index is -0.821. The lowest BCUT2D eigenvalue weighted by atomic mass is 9.91. The number of nitrogens with zero attached hydrogens (tertiary/aromatic N) is 2. The molecule has 28 heavy (non-hydrogen) atoms. The lowest BCUT2D eigenvalue weighted by Crippen LogP contribution is -2.47. The zero-order valence-electron chi connectivity index (χ0n) is 17.1. The average molecular weight is 388 g/mol.